The number of morpholine rings is 1. The summed E-state index contributed by atoms with van der Waals surface area (Å²) in [7, 11) is 0. The van der Waals surface area contributed by atoms with Crippen LogP contribution in [-0.2, 0) is 4.74 Å². The molecule has 0 N–H and O–H groups in total. The van der Waals surface area contributed by atoms with Crippen molar-refractivity contribution in [1.82, 2.24) is 19.9 Å². The molecule has 0 aliphatic carbocycles. The first-order chi connectivity index (χ1) is 12.8. The molecule has 0 saturated carbocycles. The molecule has 8 nitrogen and oxygen atoms in total. The SMILES string of the molecule is O=C(c1cnc(N2CCN(c3ccccn3)CC2)cn1)N1CCOCC1. The molecule has 0 aromatic carbocycles. The molecule has 2 aliphatic heterocycles. The zero-order valence-electron chi connectivity index (χ0n) is 14.6. The van der Waals surface area contributed by atoms with Crippen molar-refractivity contribution in [1.29, 1.82) is 0 Å². The van der Waals surface area contributed by atoms with E-state index in [-0.39, 0.29) is 5.91 Å². The molecule has 136 valence electrons. The molecular weight excluding hydrogens is 332 g/mol. The summed E-state index contributed by atoms with van der Waals surface area (Å²) in [5, 5.41) is 0. The van der Waals surface area contributed by atoms with E-state index in [1.165, 1.54) is 0 Å². The first-order valence-corrected chi connectivity index (χ1v) is 8.91. The maximum atomic E-state index is 12.4. The van der Waals surface area contributed by atoms with Crippen LogP contribution in [0.15, 0.2) is 36.8 Å². The van der Waals surface area contributed by atoms with Crippen LogP contribution in [0.5, 0.6) is 0 Å². The summed E-state index contributed by atoms with van der Waals surface area (Å²) in [5.41, 5.74) is 0.391. The third kappa shape index (κ3) is 3.60. The average Bonchev–Trinajstić information content (AvgIpc) is 2.75. The maximum absolute atomic E-state index is 12.4. The Morgan fingerprint density at radius 3 is 2.19 bits per heavy atom. The van der Waals surface area contributed by atoms with Crippen molar-refractivity contribution in [2.45, 2.75) is 0 Å². The predicted octanol–water partition coefficient (Wildman–Crippen LogP) is 0.671. The summed E-state index contributed by atoms with van der Waals surface area (Å²) in [5.74, 6) is 1.74. The molecule has 0 unspecified atom stereocenters. The number of amides is 1. The van der Waals surface area contributed by atoms with E-state index < -0.39 is 0 Å². The third-order valence-corrected chi connectivity index (χ3v) is 4.73. The minimum atomic E-state index is -0.0766. The smallest absolute Gasteiger partial charge is 0.274 e. The number of nitrogens with zero attached hydrogens (tertiary/aromatic N) is 6. The molecule has 0 spiro atoms. The Morgan fingerprint density at radius 2 is 1.58 bits per heavy atom. The molecule has 1 amide bonds. The number of aromatic nitrogens is 3. The number of anilines is 2. The zero-order valence-corrected chi connectivity index (χ0v) is 14.6. The predicted molar refractivity (Wildman–Crippen MR) is 97.4 cm³/mol. The highest BCUT2D eigenvalue weighted by molar-refractivity contribution is 5.92. The molecule has 2 saturated heterocycles. The number of piperazine rings is 1. The van der Waals surface area contributed by atoms with Crippen LogP contribution in [0.2, 0.25) is 0 Å². The number of carbonyl (C=O) groups is 1. The van der Waals surface area contributed by atoms with Gasteiger partial charge in [-0.3, -0.25) is 4.79 Å². The van der Waals surface area contributed by atoms with Crippen molar-refractivity contribution >= 4 is 17.5 Å². The number of hydrogen-bond acceptors (Lipinski definition) is 7. The molecule has 2 aliphatic rings. The fourth-order valence-electron chi connectivity index (χ4n) is 3.23. The van der Waals surface area contributed by atoms with E-state index in [1.54, 1.807) is 17.3 Å². The van der Waals surface area contributed by atoms with Crippen LogP contribution in [0, 0.1) is 0 Å². The highest BCUT2D eigenvalue weighted by atomic mass is 16.5. The van der Waals surface area contributed by atoms with Crippen LogP contribution in [0.3, 0.4) is 0 Å². The first-order valence-electron chi connectivity index (χ1n) is 8.91. The molecule has 4 rings (SSSR count). The fraction of sp³-hybridized carbons (Fsp3) is 0.444. The minimum absolute atomic E-state index is 0.0766. The Morgan fingerprint density at radius 1 is 0.846 bits per heavy atom. The maximum Gasteiger partial charge on any atom is 0.274 e. The Labute approximate surface area is 152 Å². The van der Waals surface area contributed by atoms with Gasteiger partial charge in [-0.05, 0) is 12.1 Å². The quantitative estimate of drug-likeness (QED) is 0.802. The van der Waals surface area contributed by atoms with Crippen molar-refractivity contribution < 1.29 is 9.53 Å². The standard InChI is InChI=1S/C18H22N6O2/c25-18(24-9-11-26-12-10-24)15-13-21-17(14-20-15)23-7-5-22(6-8-23)16-3-1-2-4-19-16/h1-4,13-14H,5-12H2. The molecule has 0 radical (unpaired) electrons. The average molecular weight is 354 g/mol. The van der Waals surface area contributed by atoms with E-state index in [2.05, 4.69) is 24.8 Å². The van der Waals surface area contributed by atoms with Gasteiger partial charge in [0.15, 0.2) is 0 Å². The van der Waals surface area contributed by atoms with Crippen LogP contribution < -0.4 is 9.80 Å². The van der Waals surface area contributed by atoms with Crippen LogP contribution >= 0.6 is 0 Å². The van der Waals surface area contributed by atoms with Crippen LogP contribution in [0.25, 0.3) is 0 Å². The van der Waals surface area contributed by atoms with Gasteiger partial charge in [-0.15, -0.1) is 0 Å². The number of hydrogen-bond donors (Lipinski definition) is 0. The van der Waals surface area contributed by atoms with Crippen molar-refractivity contribution in [3.05, 3.63) is 42.5 Å². The normalized spacial score (nSPS) is 18.1. The van der Waals surface area contributed by atoms with Gasteiger partial charge in [0.25, 0.3) is 5.91 Å². The summed E-state index contributed by atoms with van der Waals surface area (Å²) in [6.07, 6.45) is 5.10. The summed E-state index contributed by atoms with van der Waals surface area (Å²) >= 11 is 0. The van der Waals surface area contributed by atoms with Gasteiger partial charge in [-0.25, -0.2) is 15.0 Å². The monoisotopic (exact) mass is 354 g/mol. The molecule has 2 aromatic heterocycles. The van der Waals surface area contributed by atoms with Crippen molar-refractivity contribution in [2.24, 2.45) is 0 Å². The second-order valence-electron chi connectivity index (χ2n) is 6.33. The summed E-state index contributed by atoms with van der Waals surface area (Å²) < 4.78 is 5.28. The topological polar surface area (TPSA) is 74.7 Å². The zero-order chi connectivity index (χ0) is 17.8. The third-order valence-electron chi connectivity index (χ3n) is 4.73. The minimum Gasteiger partial charge on any atom is -0.378 e. The van der Waals surface area contributed by atoms with E-state index >= 15 is 0 Å². The number of rotatable bonds is 3. The van der Waals surface area contributed by atoms with Gasteiger partial charge in [0, 0.05) is 45.5 Å². The van der Waals surface area contributed by atoms with Crippen LogP contribution in [0.1, 0.15) is 10.5 Å². The molecule has 2 fully saturated rings. The Balaban J connectivity index is 1.36. The van der Waals surface area contributed by atoms with Gasteiger partial charge >= 0.3 is 0 Å². The lowest BCUT2D eigenvalue weighted by atomic mass is 10.3. The highest BCUT2D eigenvalue weighted by Crippen LogP contribution is 2.17. The molecule has 0 atom stereocenters. The van der Waals surface area contributed by atoms with Gasteiger partial charge in [0.1, 0.15) is 17.3 Å². The summed E-state index contributed by atoms with van der Waals surface area (Å²) in [4.78, 5) is 31.9. The largest absolute Gasteiger partial charge is 0.378 e. The van der Waals surface area contributed by atoms with Crippen molar-refractivity contribution in [3.63, 3.8) is 0 Å². The van der Waals surface area contributed by atoms with Gasteiger partial charge < -0.3 is 19.4 Å². The molecule has 8 heteroatoms. The molecular formula is C18H22N6O2. The van der Waals surface area contributed by atoms with E-state index in [9.17, 15) is 4.79 Å². The van der Waals surface area contributed by atoms with Crippen molar-refractivity contribution in [2.75, 3.05) is 62.3 Å². The summed E-state index contributed by atoms with van der Waals surface area (Å²) in [6.45, 7) is 5.84. The van der Waals surface area contributed by atoms with Gasteiger partial charge in [0.05, 0.1) is 25.6 Å². The van der Waals surface area contributed by atoms with Gasteiger partial charge in [0.2, 0.25) is 0 Å². The summed E-state index contributed by atoms with van der Waals surface area (Å²) in [6, 6.07) is 5.96. The van der Waals surface area contributed by atoms with E-state index in [0.717, 1.165) is 37.8 Å². The van der Waals surface area contributed by atoms with E-state index in [4.69, 9.17) is 4.74 Å². The second kappa shape index (κ2) is 7.65. The van der Waals surface area contributed by atoms with E-state index in [1.807, 2.05) is 24.4 Å². The molecule has 0 bridgehead atoms. The van der Waals surface area contributed by atoms with Crippen LogP contribution in [-0.4, -0.2) is 78.2 Å². The number of carbonyl (C=O) groups excluding carboxylic acids is 1. The lowest BCUT2D eigenvalue weighted by molar-refractivity contribution is 0.0298. The number of pyridine rings is 1. The Bertz CT molecular complexity index is 725. The second-order valence-corrected chi connectivity index (χ2v) is 6.33. The van der Waals surface area contributed by atoms with E-state index in [0.29, 0.717) is 32.0 Å². The Kier molecular flexibility index (Phi) is 4.92. The Hall–Kier alpha value is -2.74. The molecule has 4 heterocycles. The first kappa shape index (κ1) is 16.7. The highest BCUT2D eigenvalue weighted by Gasteiger charge is 2.22. The molecule has 2 aromatic rings. The fourth-order valence-corrected chi connectivity index (χ4v) is 3.23. The van der Waals surface area contributed by atoms with Crippen LogP contribution in [0.4, 0.5) is 11.6 Å². The van der Waals surface area contributed by atoms with Crippen molar-refractivity contribution in [3.8, 4) is 0 Å². The van der Waals surface area contributed by atoms with Gasteiger partial charge in [-0.2, -0.15) is 0 Å². The lowest BCUT2D eigenvalue weighted by Crippen LogP contribution is -2.47. The van der Waals surface area contributed by atoms with Gasteiger partial charge in [-0.1, -0.05) is 6.07 Å². The lowest BCUT2D eigenvalue weighted by Gasteiger charge is -2.35. The molecule has 26 heavy (non-hydrogen) atoms. The number of ether oxygens (including phenoxy) is 1.